The largest absolute Gasteiger partial charge is 0.335 e. The first-order valence-electron chi connectivity index (χ1n) is 8.01. The fourth-order valence-corrected chi connectivity index (χ4v) is 3.50. The molecule has 110 valence electrons. The molecule has 2 rings (SSSR count). The van der Waals surface area contributed by atoms with Gasteiger partial charge in [0.15, 0.2) is 0 Å². The summed E-state index contributed by atoms with van der Waals surface area (Å²) in [5, 5.41) is 3.22. The van der Waals surface area contributed by atoms with Crippen molar-refractivity contribution in [1.82, 2.24) is 10.2 Å². The number of carbonyl (C=O) groups is 1. The van der Waals surface area contributed by atoms with Crippen LogP contribution in [0.25, 0.3) is 0 Å². The Hall–Kier alpha value is -0.770. The second-order valence-electron chi connectivity index (χ2n) is 6.17. The van der Waals surface area contributed by atoms with E-state index in [9.17, 15) is 4.79 Å². The maximum Gasteiger partial charge on any atom is 0.317 e. The molecule has 1 saturated heterocycles. The van der Waals surface area contributed by atoms with E-state index in [1.54, 1.807) is 0 Å². The molecule has 0 aromatic rings. The molecule has 2 fully saturated rings. The van der Waals surface area contributed by atoms with Crippen molar-refractivity contribution in [3.8, 4) is 0 Å². The van der Waals surface area contributed by atoms with Gasteiger partial charge in [0.1, 0.15) is 0 Å². The number of nitrogens with zero attached hydrogens (tertiary/aromatic N) is 1. The van der Waals surface area contributed by atoms with Crippen molar-refractivity contribution >= 4 is 6.03 Å². The standard InChI is InChI=1S/C15H29N3O/c1-2-12-8-9-18(14(10-12)11-16)15(19)17-13-6-4-3-5-7-13/h12-14H,2-11,16H2,1H3,(H,17,19). The third-order valence-electron chi connectivity index (χ3n) is 4.87. The number of piperidine rings is 1. The molecule has 1 heterocycles. The number of urea groups is 1. The van der Waals surface area contributed by atoms with E-state index >= 15 is 0 Å². The molecular weight excluding hydrogens is 238 g/mol. The Kier molecular flexibility index (Phi) is 5.49. The number of hydrogen-bond donors (Lipinski definition) is 2. The average molecular weight is 267 g/mol. The summed E-state index contributed by atoms with van der Waals surface area (Å²) in [6.07, 6.45) is 9.52. The first-order valence-corrected chi connectivity index (χ1v) is 8.01. The molecule has 2 amide bonds. The van der Waals surface area contributed by atoms with Gasteiger partial charge in [-0.2, -0.15) is 0 Å². The topological polar surface area (TPSA) is 58.4 Å². The summed E-state index contributed by atoms with van der Waals surface area (Å²) in [7, 11) is 0. The van der Waals surface area contributed by atoms with Crippen LogP contribution >= 0.6 is 0 Å². The first kappa shape index (κ1) is 14.6. The Bertz CT molecular complexity index is 289. The van der Waals surface area contributed by atoms with Gasteiger partial charge in [0.05, 0.1) is 0 Å². The summed E-state index contributed by atoms with van der Waals surface area (Å²) in [4.78, 5) is 14.4. The van der Waals surface area contributed by atoms with Gasteiger partial charge < -0.3 is 16.0 Å². The van der Waals surface area contributed by atoms with E-state index in [1.165, 1.54) is 25.7 Å². The van der Waals surface area contributed by atoms with E-state index in [0.29, 0.717) is 12.6 Å². The predicted molar refractivity (Wildman–Crippen MR) is 78.0 cm³/mol. The van der Waals surface area contributed by atoms with Crippen LogP contribution in [-0.2, 0) is 0 Å². The number of nitrogens with two attached hydrogens (primary N) is 1. The van der Waals surface area contributed by atoms with Crippen molar-refractivity contribution in [2.75, 3.05) is 13.1 Å². The van der Waals surface area contributed by atoms with Gasteiger partial charge in [-0.25, -0.2) is 4.79 Å². The third kappa shape index (κ3) is 3.85. The van der Waals surface area contributed by atoms with Crippen LogP contribution in [0.1, 0.15) is 58.3 Å². The lowest BCUT2D eigenvalue weighted by Crippen LogP contribution is -2.54. The Morgan fingerprint density at radius 2 is 2.00 bits per heavy atom. The molecule has 0 radical (unpaired) electrons. The minimum Gasteiger partial charge on any atom is -0.335 e. The molecule has 0 spiro atoms. The summed E-state index contributed by atoms with van der Waals surface area (Å²) in [6.45, 7) is 3.70. The van der Waals surface area contributed by atoms with E-state index in [4.69, 9.17) is 5.73 Å². The van der Waals surface area contributed by atoms with E-state index < -0.39 is 0 Å². The quantitative estimate of drug-likeness (QED) is 0.825. The molecule has 4 nitrogen and oxygen atoms in total. The Morgan fingerprint density at radius 3 is 2.63 bits per heavy atom. The van der Waals surface area contributed by atoms with Crippen molar-refractivity contribution in [2.45, 2.75) is 70.4 Å². The second kappa shape index (κ2) is 7.13. The summed E-state index contributed by atoms with van der Waals surface area (Å²) in [5.41, 5.74) is 5.86. The molecule has 2 atom stereocenters. The number of rotatable bonds is 3. The fourth-order valence-electron chi connectivity index (χ4n) is 3.50. The highest BCUT2D eigenvalue weighted by molar-refractivity contribution is 5.75. The summed E-state index contributed by atoms with van der Waals surface area (Å²) in [5.74, 6) is 0.743. The zero-order chi connectivity index (χ0) is 13.7. The van der Waals surface area contributed by atoms with E-state index in [0.717, 1.165) is 38.1 Å². The number of hydrogen-bond acceptors (Lipinski definition) is 2. The number of amides is 2. The normalized spacial score (nSPS) is 29.3. The molecule has 2 aliphatic rings. The van der Waals surface area contributed by atoms with E-state index in [-0.39, 0.29) is 12.1 Å². The van der Waals surface area contributed by atoms with Crippen molar-refractivity contribution in [1.29, 1.82) is 0 Å². The molecule has 1 aliphatic carbocycles. The Morgan fingerprint density at radius 1 is 1.26 bits per heavy atom. The lowest BCUT2D eigenvalue weighted by molar-refractivity contribution is 0.125. The monoisotopic (exact) mass is 267 g/mol. The highest BCUT2D eigenvalue weighted by atomic mass is 16.2. The van der Waals surface area contributed by atoms with Gasteiger partial charge >= 0.3 is 6.03 Å². The highest BCUT2D eigenvalue weighted by Gasteiger charge is 2.31. The maximum absolute atomic E-state index is 12.4. The number of nitrogens with one attached hydrogen (secondary N) is 1. The molecule has 3 N–H and O–H groups in total. The fraction of sp³-hybridized carbons (Fsp3) is 0.933. The highest BCUT2D eigenvalue weighted by Crippen LogP contribution is 2.25. The molecule has 0 aromatic carbocycles. The van der Waals surface area contributed by atoms with Crippen molar-refractivity contribution in [2.24, 2.45) is 11.7 Å². The number of carbonyl (C=O) groups excluding carboxylic acids is 1. The van der Waals surface area contributed by atoms with Crippen LogP contribution in [0.3, 0.4) is 0 Å². The van der Waals surface area contributed by atoms with Gasteiger partial charge in [0.25, 0.3) is 0 Å². The molecular formula is C15H29N3O. The average Bonchev–Trinajstić information content (AvgIpc) is 2.47. The van der Waals surface area contributed by atoms with Crippen LogP contribution in [0.15, 0.2) is 0 Å². The molecule has 1 aliphatic heterocycles. The zero-order valence-electron chi connectivity index (χ0n) is 12.2. The Balaban J connectivity index is 1.86. The Labute approximate surface area is 117 Å². The van der Waals surface area contributed by atoms with Crippen LogP contribution in [-0.4, -0.2) is 36.1 Å². The molecule has 4 heteroatoms. The second-order valence-corrected chi connectivity index (χ2v) is 6.17. The third-order valence-corrected chi connectivity index (χ3v) is 4.87. The van der Waals surface area contributed by atoms with Gasteiger partial charge in [-0.3, -0.25) is 0 Å². The molecule has 19 heavy (non-hydrogen) atoms. The molecule has 0 bridgehead atoms. The minimum absolute atomic E-state index is 0.122. The SMILES string of the molecule is CCC1CCN(C(=O)NC2CCCCC2)C(CN)C1. The van der Waals surface area contributed by atoms with Crippen LogP contribution in [0.4, 0.5) is 4.79 Å². The lowest BCUT2D eigenvalue weighted by atomic mass is 9.89. The summed E-state index contributed by atoms with van der Waals surface area (Å²) < 4.78 is 0. The minimum atomic E-state index is 0.122. The molecule has 1 saturated carbocycles. The van der Waals surface area contributed by atoms with Gasteiger partial charge in [0, 0.05) is 25.2 Å². The molecule has 2 unspecified atom stereocenters. The van der Waals surface area contributed by atoms with Crippen LogP contribution < -0.4 is 11.1 Å². The smallest absolute Gasteiger partial charge is 0.317 e. The van der Waals surface area contributed by atoms with Gasteiger partial charge in [-0.05, 0) is 31.6 Å². The van der Waals surface area contributed by atoms with Crippen LogP contribution in [0, 0.1) is 5.92 Å². The first-order chi connectivity index (χ1) is 9.24. The van der Waals surface area contributed by atoms with E-state index in [2.05, 4.69) is 12.2 Å². The predicted octanol–water partition coefficient (Wildman–Crippen LogP) is 2.48. The zero-order valence-corrected chi connectivity index (χ0v) is 12.2. The van der Waals surface area contributed by atoms with Crippen molar-refractivity contribution < 1.29 is 4.79 Å². The lowest BCUT2D eigenvalue weighted by Gasteiger charge is -2.39. The van der Waals surface area contributed by atoms with Crippen molar-refractivity contribution in [3.05, 3.63) is 0 Å². The maximum atomic E-state index is 12.4. The summed E-state index contributed by atoms with van der Waals surface area (Å²) >= 11 is 0. The van der Waals surface area contributed by atoms with E-state index in [1.807, 2.05) is 4.90 Å². The van der Waals surface area contributed by atoms with Crippen LogP contribution in [0.5, 0.6) is 0 Å². The van der Waals surface area contributed by atoms with Crippen LogP contribution in [0.2, 0.25) is 0 Å². The summed E-state index contributed by atoms with van der Waals surface area (Å²) in [6, 6.07) is 0.753. The van der Waals surface area contributed by atoms with Gasteiger partial charge in [0.2, 0.25) is 0 Å². The van der Waals surface area contributed by atoms with Gasteiger partial charge in [-0.1, -0.05) is 32.6 Å². The van der Waals surface area contributed by atoms with Gasteiger partial charge in [-0.15, -0.1) is 0 Å². The number of likely N-dealkylation sites (tertiary alicyclic amines) is 1. The van der Waals surface area contributed by atoms with Crippen molar-refractivity contribution in [3.63, 3.8) is 0 Å². The molecule has 0 aromatic heterocycles.